The van der Waals surface area contributed by atoms with Crippen LogP contribution in [0.5, 0.6) is 0 Å². The van der Waals surface area contributed by atoms with Gasteiger partial charge in [-0.05, 0) is 40.9 Å². The number of nitrogens with zero attached hydrogens (tertiary/aromatic N) is 1. The normalized spacial score (nSPS) is 20.6. The maximum atomic E-state index is 12.3. The largest absolute Gasteiger partial charge is 0.481 e. The van der Waals surface area contributed by atoms with Crippen molar-refractivity contribution in [1.29, 1.82) is 0 Å². The minimum Gasteiger partial charge on any atom is -0.481 e. The Morgan fingerprint density at radius 3 is 2.75 bits per heavy atom. The summed E-state index contributed by atoms with van der Waals surface area (Å²) >= 11 is 3.27. The molecule has 0 radical (unpaired) electrons. The molecule has 1 aliphatic heterocycles. The molecular formula is C12H15BrN2O4S. The van der Waals surface area contributed by atoms with E-state index in [1.54, 1.807) is 24.3 Å². The molecule has 1 heterocycles. The van der Waals surface area contributed by atoms with Gasteiger partial charge in [0.25, 0.3) is 0 Å². The zero-order valence-electron chi connectivity index (χ0n) is 10.6. The third kappa shape index (κ3) is 3.50. The molecule has 2 N–H and O–H groups in total. The maximum absolute atomic E-state index is 12.3. The lowest BCUT2D eigenvalue weighted by Crippen LogP contribution is -2.44. The summed E-state index contributed by atoms with van der Waals surface area (Å²) in [6.07, 6.45) is 1.06. The molecule has 1 fully saturated rings. The number of carboxylic acids is 1. The number of carboxylic acid groups (broad SMARTS) is 1. The number of anilines is 1. The highest BCUT2D eigenvalue weighted by Gasteiger charge is 2.32. The van der Waals surface area contributed by atoms with Gasteiger partial charge in [0.2, 0.25) is 0 Å². The number of para-hydroxylation sites is 1. The van der Waals surface area contributed by atoms with Crippen molar-refractivity contribution in [3.05, 3.63) is 28.7 Å². The van der Waals surface area contributed by atoms with Gasteiger partial charge >= 0.3 is 16.2 Å². The third-order valence-electron chi connectivity index (χ3n) is 3.19. The molecule has 1 aliphatic rings. The fourth-order valence-corrected chi connectivity index (χ4v) is 3.96. The quantitative estimate of drug-likeness (QED) is 0.856. The van der Waals surface area contributed by atoms with Crippen molar-refractivity contribution < 1.29 is 18.3 Å². The van der Waals surface area contributed by atoms with E-state index < -0.39 is 22.1 Å². The van der Waals surface area contributed by atoms with Gasteiger partial charge in [-0.15, -0.1) is 0 Å². The van der Waals surface area contributed by atoms with Gasteiger partial charge in [0.1, 0.15) is 0 Å². The van der Waals surface area contributed by atoms with Gasteiger partial charge in [0, 0.05) is 17.6 Å². The van der Waals surface area contributed by atoms with Crippen LogP contribution in [0, 0.1) is 5.92 Å². The number of hydrogen-bond donors (Lipinski definition) is 2. The summed E-state index contributed by atoms with van der Waals surface area (Å²) in [4.78, 5) is 11.0. The molecule has 0 spiro atoms. The molecule has 0 aromatic heterocycles. The molecule has 1 atom stereocenters. The van der Waals surface area contributed by atoms with Crippen LogP contribution in [0.4, 0.5) is 5.69 Å². The molecule has 0 amide bonds. The molecule has 0 saturated carbocycles. The van der Waals surface area contributed by atoms with Gasteiger partial charge in [-0.25, -0.2) is 0 Å². The number of rotatable bonds is 4. The van der Waals surface area contributed by atoms with E-state index in [4.69, 9.17) is 5.11 Å². The van der Waals surface area contributed by atoms with Crippen LogP contribution in [0.3, 0.4) is 0 Å². The average Bonchev–Trinajstić information content (AvgIpc) is 2.41. The number of benzene rings is 1. The van der Waals surface area contributed by atoms with E-state index in [-0.39, 0.29) is 6.54 Å². The van der Waals surface area contributed by atoms with E-state index in [0.717, 1.165) is 0 Å². The van der Waals surface area contributed by atoms with Crippen LogP contribution in [0.1, 0.15) is 12.8 Å². The molecular weight excluding hydrogens is 348 g/mol. The first-order valence-electron chi connectivity index (χ1n) is 6.15. The highest BCUT2D eigenvalue weighted by atomic mass is 79.9. The summed E-state index contributed by atoms with van der Waals surface area (Å²) in [6, 6.07) is 6.87. The van der Waals surface area contributed by atoms with Crippen molar-refractivity contribution in [2.75, 3.05) is 17.8 Å². The molecule has 1 aromatic rings. The maximum Gasteiger partial charge on any atom is 0.307 e. The summed E-state index contributed by atoms with van der Waals surface area (Å²) in [5.41, 5.74) is 0.435. The highest BCUT2D eigenvalue weighted by molar-refractivity contribution is 9.10. The van der Waals surface area contributed by atoms with E-state index in [1.165, 1.54) is 4.31 Å². The molecule has 1 aromatic carbocycles. The predicted octanol–water partition coefficient (Wildman–Crippen LogP) is 1.90. The van der Waals surface area contributed by atoms with Crippen LogP contribution < -0.4 is 4.72 Å². The molecule has 0 bridgehead atoms. The Labute approximate surface area is 126 Å². The van der Waals surface area contributed by atoms with Crippen LogP contribution in [-0.2, 0) is 15.0 Å². The van der Waals surface area contributed by atoms with Gasteiger partial charge < -0.3 is 5.11 Å². The van der Waals surface area contributed by atoms with E-state index >= 15 is 0 Å². The molecule has 0 aliphatic carbocycles. The number of halogens is 1. The highest BCUT2D eigenvalue weighted by Crippen LogP contribution is 2.25. The standard InChI is InChI=1S/C12H15BrN2O4S/c13-10-5-1-2-6-11(10)14-20(18,19)15-7-3-4-9(8-15)12(16)17/h1-2,5-6,9,14H,3-4,7-8H2,(H,16,17). The summed E-state index contributed by atoms with van der Waals surface area (Å²) in [7, 11) is -3.74. The zero-order valence-corrected chi connectivity index (χ0v) is 13.0. The molecule has 1 unspecified atom stereocenters. The fraction of sp³-hybridized carbons (Fsp3) is 0.417. The Bertz CT molecular complexity index is 605. The molecule has 8 heteroatoms. The van der Waals surface area contributed by atoms with Crippen LogP contribution in [0.25, 0.3) is 0 Å². The molecule has 6 nitrogen and oxygen atoms in total. The smallest absolute Gasteiger partial charge is 0.307 e. The first-order valence-corrected chi connectivity index (χ1v) is 8.38. The van der Waals surface area contributed by atoms with E-state index in [9.17, 15) is 13.2 Å². The van der Waals surface area contributed by atoms with Crippen LogP contribution in [-0.4, -0.2) is 36.9 Å². The monoisotopic (exact) mass is 362 g/mol. The summed E-state index contributed by atoms with van der Waals surface area (Å²) in [6.45, 7) is 0.346. The second-order valence-electron chi connectivity index (χ2n) is 4.62. The van der Waals surface area contributed by atoms with E-state index in [1.807, 2.05) is 0 Å². The third-order valence-corrected chi connectivity index (χ3v) is 5.37. The number of carbonyl (C=O) groups is 1. The number of hydrogen-bond acceptors (Lipinski definition) is 3. The second kappa shape index (κ2) is 6.11. The molecule has 2 rings (SSSR count). The molecule has 1 saturated heterocycles. The number of nitrogens with one attached hydrogen (secondary N) is 1. The van der Waals surface area contributed by atoms with Gasteiger partial charge in [-0.2, -0.15) is 12.7 Å². The number of piperidine rings is 1. The zero-order chi connectivity index (χ0) is 14.8. The van der Waals surface area contributed by atoms with Gasteiger partial charge in [-0.1, -0.05) is 12.1 Å². The Hall–Kier alpha value is -1.12. The fourth-order valence-electron chi connectivity index (χ4n) is 2.11. The molecule has 20 heavy (non-hydrogen) atoms. The van der Waals surface area contributed by atoms with Gasteiger partial charge in [-0.3, -0.25) is 9.52 Å². The van der Waals surface area contributed by atoms with Crippen LogP contribution in [0.15, 0.2) is 28.7 Å². The molecule has 110 valence electrons. The SMILES string of the molecule is O=C(O)C1CCCN(S(=O)(=O)Nc2ccccc2Br)C1. The topological polar surface area (TPSA) is 86.7 Å². The predicted molar refractivity (Wildman–Crippen MR) is 78.6 cm³/mol. The van der Waals surface area contributed by atoms with Crippen molar-refractivity contribution in [3.8, 4) is 0 Å². The van der Waals surface area contributed by atoms with Crippen molar-refractivity contribution in [3.63, 3.8) is 0 Å². The summed E-state index contributed by atoms with van der Waals surface area (Å²) in [5, 5.41) is 9.01. The first-order chi connectivity index (χ1) is 9.40. The number of aliphatic carboxylic acids is 1. The lowest BCUT2D eigenvalue weighted by atomic mass is 10.0. The summed E-state index contributed by atoms with van der Waals surface area (Å²) < 4.78 is 28.9. The summed E-state index contributed by atoms with van der Waals surface area (Å²) in [5.74, 6) is -1.59. The first kappa shape index (κ1) is 15.3. The lowest BCUT2D eigenvalue weighted by Gasteiger charge is -2.30. The van der Waals surface area contributed by atoms with Gasteiger partial charge in [0.15, 0.2) is 0 Å². The Morgan fingerprint density at radius 2 is 2.10 bits per heavy atom. The second-order valence-corrected chi connectivity index (χ2v) is 7.15. The van der Waals surface area contributed by atoms with Crippen molar-refractivity contribution in [1.82, 2.24) is 4.31 Å². The minimum atomic E-state index is -3.74. The van der Waals surface area contributed by atoms with E-state index in [0.29, 0.717) is 29.5 Å². The Morgan fingerprint density at radius 1 is 1.40 bits per heavy atom. The van der Waals surface area contributed by atoms with E-state index in [2.05, 4.69) is 20.7 Å². The van der Waals surface area contributed by atoms with Crippen LogP contribution >= 0.6 is 15.9 Å². The van der Waals surface area contributed by atoms with Crippen molar-refractivity contribution in [2.45, 2.75) is 12.8 Å². The van der Waals surface area contributed by atoms with Crippen molar-refractivity contribution in [2.24, 2.45) is 5.92 Å². The van der Waals surface area contributed by atoms with Gasteiger partial charge in [0.05, 0.1) is 11.6 Å². The van der Waals surface area contributed by atoms with Crippen LogP contribution in [0.2, 0.25) is 0 Å². The Kier molecular flexibility index (Phi) is 4.66. The van der Waals surface area contributed by atoms with Crippen molar-refractivity contribution >= 4 is 37.8 Å². The lowest BCUT2D eigenvalue weighted by molar-refractivity contribution is -0.142. The average molecular weight is 363 g/mol. The minimum absolute atomic E-state index is 0.00905. The Balaban J connectivity index is 2.14.